The van der Waals surface area contributed by atoms with E-state index in [0.29, 0.717) is 17.1 Å². The molecule has 0 atom stereocenters. The number of halogens is 1. The average molecular weight is 291 g/mol. The molecule has 1 aromatic carbocycles. The van der Waals surface area contributed by atoms with Gasteiger partial charge in [-0.3, -0.25) is 4.72 Å². The molecule has 0 aliphatic rings. The van der Waals surface area contributed by atoms with Gasteiger partial charge in [0.25, 0.3) is 0 Å². The summed E-state index contributed by atoms with van der Waals surface area (Å²) < 4.78 is 26.1. The predicted molar refractivity (Wildman–Crippen MR) is 76.8 cm³/mol. The van der Waals surface area contributed by atoms with Gasteiger partial charge in [0.05, 0.1) is 16.5 Å². The summed E-state index contributed by atoms with van der Waals surface area (Å²) >= 11 is 5.98. The zero-order chi connectivity index (χ0) is 13.6. The van der Waals surface area contributed by atoms with Crippen molar-refractivity contribution in [3.63, 3.8) is 0 Å². The van der Waals surface area contributed by atoms with E-state index in [1.54, 1.807) is 12.1 Å². The fourth-order valence-electron chi connectivity index (χ4n) is 1.52. The smallest absolute Gasteiger partial charge is 0.232 e. The summed E-state index contributed by atoms with van der Waals surface area (Å²) in [7, 11) is -1.47. The van der Waals surface area contributed by atoms with Crippen molar-refractivity contribution in [1.82, 2.24) is 5.32 Å². The normalized spacial score (nSPS) is 11.5. The van der Waals surface area contributed by atoms with Crippen LogP contribution in [-0.2, 0) is 10.0 Å². The molecule has 4 nitrogen and oxygen atoms in total. The highest BCUT2D eigenvalue weighted by Crippen LogP contribution is 2.23. The third kappa shape index (κ3) is 5.25. The average Bonchev–Trinajstić information content (AvgIpc) is 2.28. The van der Waals surface area contributed by atoms with Crippen molar-refractivity contribution in [3.05, 3.63) is 28.8 Å². The van der Waals surface area contributed by atoms with Gasteiger partial charge in [0.2, 0.25) is 10.0 Å². The van der Waals surface area contributed by atoms with E-state index in [-0.39, 0.29) is 5.75 Å². The summed E-state index contributed by atoms with van der Waals surface area (Å²) in [5.74, 6) is 0.110. The molecular weight excluding hydrogens is 272 g/mol. The minimum absolute atomic E-state index is 0.110. The van der Waals surface area contributed by atoms with Gasteiger partial charge in [-0.1, -0.05) is 17.7 Å². The summed E-state index contributed by atoms with van der Waals surface area (Å²) in [6.07, 6.45) is 1.46. The Morgan fingerprint density at radius 3 is 2.61 bits per heavy atom. The minimum Gasteiger partial charge on any atom is -0.320 e. The highest BCUT2D eigenvalue weighted by atomic mass is 35.5. The van der Waals surface area contributed by atoms with E-state index in [1.807, 2.05) is 20.0 Å². The van der Waals surface area contributed by atoms with Crippen LogP contribution in [0.1, 0.15) is 18.4 Å². The Morgan fingerprint density at radius 1 is 1.28 bits per heavy atom. The molecule has 0 fully saturated rings. The first-order valence-electron chi connectivity index (χ1n) is 5.86. The van der Waals surface area contributed by atoms with E-state index in [2.05, 4.69) is 10.0 Å². The van der Waals surface area contributed by atoms with Crippen LogP contribution in [0.4, 0.5) is 5.69 Å². The summed E-state index contributed by atoms with van der Waals surface area (Å²) in [6.45, 7) is 2.72. The van der Waals surface area contributed by atoms with Crippen molar-refractivity contribution in [3.8, 4) is 0 Å². The number of nitrogens with one attached hydrogen (secondary N) is 2. The van der Waals surface area contributed by atoms with Gasteiger partial charge in [0, 0.05) is 0 Å². The second-order valence-electron chi connectivity index (χ2n) is 4.21. The lowest BCUT2D eigenvalue weighted by atomic mass is 10.2. The van der Waals surface area contributed by atoms with Crippen LogP contribution in [0.5, 0.6) is 0 Å². The maximum absolute atomic E-state index is 11.8. The van der Waals surface area contributed by atoms with E-state index in [4.69, 9.17) is 11.6 Å². The van der Waals surface area contributed by atoms with Gasteiger partial charge >= 0.3 is 0 Å². The molecule has 0 saturated heterocycles. The maximum Gasteiger partial charge on any atom is 0.232 e. The summed E-state index contributed by atoms with van der Waals surface area (Å²) in [5, 5.41) is 3.41. The van der Waals surface area contributed by atoms with Gasteiger partial charge in [0.1, 0.15) is 0 Å². The highest BCUT2D eigenvalue weighted by Gasteiger charge is 2.11. The number of rotatable bonds is 7. The topological polar surface area (TPSA) is 58.2 Å². The third-order valence-corrected chi connectivity index (χ3v) is 4.15. The lowest BCUT2D eigenvalue weighted by molar-refractivity contribution is 0.595. The van der Waals surface area contributed by atoms with Crippen LogP contribution >= 0.6 is 11.6 Å². The fourth-order valence-corrected chi connectivity index (χ4v) is 3.05. The van der Waals surface area contributed by atoms with Crippen molar-refractivity contribution in [2.24, 2.45) is 0 Å². The van der Waals surface area contributed by atoms with Gasteiger partial charge in [0.15, 0.2) is 0 Å². The molecule has 0 spiro atoms. The molecule has 0 heterocycles. The monoisotopic (exact) mass is 290 g/mol. The Kier molecular flexibility index (Phi) is 5.91. The SMILES string of the molecule is CNCCCCS(=O)(=O)Nc1ccc(C)cc1Cl. The van der Waals surface area contributed by atoms with E-state index in [1.165, 1.54) is 0 Å². The molecule has 102 valence electrons. The zero-order valence-electron chi connectivity index (χ0n) is 10.7. The first kappa shape index (κ1) is 15.3. The Morgan fingerprint density at radius 2 is 2.00 bits per heavy atom. The van der Waals surface area contributed by atoms with Gasteiger partial charge in [-0.15, -0.1) is 0 Å². The molecule has 0 aromatic heterocycles. The molecule has 18 heavy (non-hydrogen) atoms. The Balaban J connectivity index is 2.59. The molecule has 0 unspecified atom stereocenters. The lowest BCUT2D eigenvalue weighted by Crippen LogP contribution is -2.18. The van der Waals surface area contributed by atoms with Gasteiger partial charge in [-0.2, -0.15) is 0 Å². The quantitative estimate of drug-likeness (QED) is 0.758. The van der Waals surface area contributed by atoms with E-state index in [0.717, 1.165) is 18.5 Å². The van der Waals surface area contributed by atoms with Crippen molar-refractivity contribution in [2.75, 3.05) is 24.1 Å². The van der Waals surface area contributed by atoms with Crippen LogP contribution in [0.15, 0.2) is 18.2 Å². The van der Waals surface area contributed by atoms with Crippen molar-refractivity contribution < 1.29 is 8.42 Å². The minimum atomic E-state index is -3.31. The number of hydrogen-bond donors (Lipinski definition) is 2. The lowest BCUT2D eigenvalue weighted by Gasteiger charge is -2.10. The molecule has 0 aliphatic carbocycles. The fraction of sp³-hybridized carbons (Fsp3) is 0.500. The van der Waals surface area contributed by atoms with E-state index in [9.17, 15) is 8.42 Å². The predicted octanol–water partition coefficient (Wildman–Crippen LogP) is 2.39. The molecule has 0 radical (unpaired) electrons. The van der Waals surface area contributed by atoms with E-state index >= 15 is 0 Å². The molecule has 0 saturated carbocycles. The van der Waals surface area contributed by atoms with Crippen LogP contribution in [0.3, 0.4) is 0 Å². The zero-order valence-corrected chi connectivity index (χ0v) is 12.2. The Labute approximate surface area is 114 Å². The summed E-state index contributed by atoms with van der Waals surface area (Å²) in [5.41, 5.74) is 1.44. The Bertz CT molecular complexity index is 489. The second-order valence-corrected chi connectivity index (χ2v) is 6.46. The van der Waals surface area contributed by atoms with Crippen LogP contribution in [0, 0.1) is 6.92 Å². The first-order chi connectivity index (χ1) is 8.44. The third-order valence-electron chi connectivity index (χ3n) is 2.48. The number of unbranched alkanes of at least 4 members (excludes halogenated alkanes) is 1. The molecule has 0 bridgehead atoms. The molecule has 6 heteroatoms. The van der Waals surface area contributed by atoms with Gasteiger partial charge in [-0.25, -0.2) is 8.42 Å². The Hall–Kier alpha value is -0.780. The van der Waals surface area contributed by atoms with Crippen LogP contribution in [0.2, 0.25) is 5.02 Å². The highest BCUT2D eigenvalue weighted by molar-refractivity contribution is 7.92. The number of hydrogen-bond acceptors (Lipinski definition) is 3. The summed E-state index contributed by atoms with van der Waals surface area (Å²) in [4.78, 5) is 0. The maximum atomic E-state index is 11.8. The van der Waals surface area contributed by atoms with Gasteiger partial charge in [-0.05, 0) is 51.1 Å². The second kappa shape index (κ2) is 6.97. The number of aryl methyl sites for hydroxylation is 1. The van der Waals surface area contributed by atoms with E-state index < -0.39 is 10.0 Å². The van der Waals surface area contributed by atoms with Crippen molar-refractivity contribution in [1.29, 1.82) is 0 Å². The molecule has 0 amide bonds. The molecule has 0 aliphatic heterocycles. The molecule has 2 N–H and O–H groups in total. The van der Waals surface area contributed by atoms with Crippen molar-refractivity contribution >= 4 is 27.3 Å². The number of sulfonamides is 1. The standard InChI is InChI=1S/C12H19ClN2O2S/c1-10-5-6-12(11(13)9-10)15-18(16,17)8-4-3-7-14-2/h5-6,9,14-15H,3-4,7-8H2,1-2H3. The summed E-state index contributed by atoms with van der Waals surface area (Å²) in [6, 6.07) is 5.24. The van der Waals surface area contributed by atoms with Crippen LogP contribution in [-0.4, -0.2) is 27.8 Å². The van der Waals surface area contributed by atoms with Crippen LogP contribution < -0.4 is 10.0 Å². The largest absolute Gasteiger partial charge is 0.320 e. The van der Waals surface area contributed by atoms with Crippen molar-refractivity contribution in [2.45, 2.75) is 19.8 Å². The molecule has 1 aromatic rings. The molecular formula is C12H19ClN2O2S. The van der Waals surface area contributed by atoms with Gasteiger partial charge < -0.3 is 5.32 Å². The number of anilines is 1. The van der Waals surface area contributed by atoms with Crippen LogP contribution in [0.25, 0.3) is 0 Å². The first-order valence-corrected chi connectivity index (χ1v) is 7.89. The number of benzene rings is 1. The molecule has 1 rings (SSSR count).